The molecule has 0 radical (unpaired) electrons. The SMILES string of the molecule is CCC1CN(C(=O)c2ccc([N+](=O)[O-])c(Cl)c2)CCN1C. The Hall–Kier alpha value is -1.66. The van der Waals surface area contributed by atoms with Crippen LogP contribution in [0.4, 0.5) is 5.69 Å². The van der Waals surface area contributed by atoms with Gasteiger partial charge in [0.25, 0.3) is 11.6 Å². The fraction of sp³-hybridized carbons (Fsp3) is 0.500. The number of likely N-dealkylation sites (N-methyl/N-ethyl adjacent to an activating group) is 1. The number of rotatable bonds is 3. The monoisotopic (exact) mass is 311 g/mol. The molecule has 1 unspecified atom stereocenters. The zero-order valence-electron chi connectivity index (χ0n) is 12.1. The Morgan fingerprint density at radius 3 is 2.76 bits per heavy atom. The summed E-state index contributed by atoms with van der Waals surface area (Å²) in [5, 5.41) is 10.7. The highest BCUT2D eigenvalue weighted by atomic mass is 35.5. The standard InChI is InChI=1S/C14H18ClN3O3/c1-3-11-9-17(7-6-16(11)2)14(19)10-4-5-13(18(20)21)12(15)8-10/h4-5,8,11H,3,6-7,9H2,1-2H3. The summed E-state index contributed by atoms with van der Waals surface area (Å²) < 4.78 is 0. The predicted octanol–water partition coefficient (Wildman–Crippen LogP) is 2.41. The molecule has 7 heteroatoms. The highest BCUT2D eigenvalue weighted by molar-refractivity contribution is 6.33. The average Bonchev–Trinajstić information content (AvgIpc) is 2.46. The first kappa shape index (κ1) is 15.7. The van der Waals surface area contributed by atoms with Gasteiger partial charge in [0.2, 0.25) is 0 Å². The number of benzene rings is 1. The van der Waals surface area contributed by atoms with Crippen LogP contribution in [0.3, 0.4) is 0 Å². The second-order valence-electron chi connectivity index (χ2n) is 5.22. The van der Waals surface area contributed by atoms with Crippen LogP contribution in [0.1, 0.15) is 23.7 Å². The fourth-order valence-corrected chi connectivity index (χ4v) is 2.79. The number of hydrogen-bond acceptors (Lipinski definition) is 4. The van der Waals surface area contributed by atoms with Crippen molar-refractivity contribution in [2.24, 2.45) is 0 Å². The minimum atomic E-state index is -0.556. The lowest BCUT2D eigenvalue weighted by atomic mass is 10.1. The average molecular weight is 312 g/mol. The van der Waals surface area contributed by atoms with Gasteiger partial charge >= 0.3 is 0 Å². The maximum atomic E-state index is 12.5. The molecule has 1 atom stereocenters. The van der Waals surface area contributed by atoms with Crippen LogP contribution in [0.15, 0.2) is 18.2 Å². The highest BCUT2D eigenvalue weighted by Gasteiger charge is 2.27. The molecular weight excluding hydrogens is 294 g/mol. The number of nitrogens with zero attached hydrogens (tertiary/aromatic N) is 3. The van der Waals surface area contributed by atoms with Crippen molar-refractivity contribution in [3.8, 4) is 0 Å². The van der Waals surface area contributed by atoms with Crippen LogP contribution in [0.5, 0.6) is 0 Å². The van der Waals surface area contributed by atoms with E-state index in [0.717, 1.165) is 13.0 Å². The molecule has 0 spiro atoms. The third kappa shape index (κ3) is 3.33. The van der Waals surface area contributed by atoms with Crippen molar-refractivity contribution < 1.29 is 9.72 Å². The molecule has 0 bridgehead atoms. The third-order valence-corrected chi connectivity index (χ3v) is 4.23. The van der Waals surface area contributed by atoms with Crippen molar-refractivity contribution in [3.05, 3.63) is 38.9 Å². The molecule has 21 heavy (non-hydrogen) atoms. The van der Waals surface area contributed by atoms with Gasteiger partial charge in [-0.05, 0) is 25.6 Å². The van der Waals surface area contributed by atoms with E-state index in [2.05, 4.69) is 18.9 Å². The Balaban J connectivity index is 2.17. The highest BCUT2D eigenvalue weighted by Crippen LogP contribution is 2.26. The fourth-order valence-electron chi connectivity index (χ4n) is 2.54. The van der Waals surface area contributed by atoms with Crippen LogP contribution in [0.25, 0.3) is 0 Å². The molecule has 1 saturated heterocycles. The van der Waals surface area contributed by atoms with Gasteiger partial charge in [-0.25, -0.2) is 0 Å². The molecule has 2 rings (SSSR count). The smallest absolute Gasteiger partial charge is 0.287 e. The van der Waals surface area contributed by atoms with Gasteiger partial charge in [-0.2, -0.15) is 0 Å². The molecule has 6 nitrogen and oxygen atoms in total. The van der Waals surface area contributed by atoms with E-state index in [4.69, 9.17) is 11.6 Å². The van der Waals surface area contributed by atoms with Crippen LogP contribution in [-0.2, 0) is 0 Å². The summed E-state index contributed by atoms with van der Waals surface area (Å²) in [5.41, 5.74) is 0.211. The summed E-state index contributed by atoms with van der Waals surface area (Å²) in [6.45, 7) is 4.24. The van der Waals surface area contributed by atoms with Gasteiger partial charge in [-0.15, -0.1) is 0 Å². The first-order valence-electron chi connectivity index (χ1n) is 6.87. The number of hydrogen-bond donors (Lipinski definition) is 0. The minimum Gasteiger partial charge on any atom is -0.336 e. The van der Waals surface area contributed by atoms with E-state index in [-0.39, 0.29) is 16.6 Å². The lowest BCUT2D eigenvalue weighted by Crippen LogP contribution is -2.52. The van der Waals surface area contributed by atoms with E-state index in [9.17, 15) is 14.9 Å². The summed E-state index contributed by atoms with van der Waals surface area (Å²) in [7, 11) is 2.05. The quantitative estimate of drug-likeness (QED) is 0.635. The molecule has 114 valence electrons. The molecular formula is C14H18ClN3O3. The summed E-state index contributed by atoms with van der Waals surface area (Å²) in [5.74, 6) is -0.127. The minimum absolute atomic E-state index is 0.00739. The van der Waals surface area contributed by atoms with Crippen LogP contribution in [-0.4, -0.2) is 53.4 Å². The van der Waals surface area contributed by atoms with E-state index >= 15 is 0 Å². The lowest BCUT2D eigenvalue weighted by Gasteiger charge is -2.39. The van der Waals surface area contributed by atoms with Crippen LogP contribution < -0.4 is 0 Å². The molecule has 0 aromatic heterocycles. The second kappa shape index (κ2) is 6.41. The summed E-state index contributed by atoms with van der Waals surface area (Å²) in [6.07, 6.45) is 0.974. The van der Waals surface area contributed by atoms with Crippen molar-refractivity contribution in [1.29, 1.82) is 0 Å². The predicted molar refractivity (Wildman–Crippen MR) is 80.7 cm³/mol. The Bertz CT molecular complexity index is 564. The van der Waals surface area contributed by atoms with E-state index in [1.165, 1.54) is 18.2 Å². The number of nitro groups is 1. The first-order valence-corrected chi connectivity index (χ1v) is 7.25. The zero-order valence-corrected chi connectivity index (χ0v) is 12.8. The van der Waals surface area contributed by atoms with Crippen LogP contribution in [0.2, 0.25) is 5.02 Å². The zero-order chi connectivity index (χ0) is 15.6. The van der Waals surface area contributed by atoms with E-state index in [1.807, 2.05) is 0 Å². The molecule has 1 aliphatic heterocycles. The second-order valence-corrected chi connectivity index (χ2v) is 5.62. The number of amides is 1. The topological polar surface area (TPSA) is 66.7 Å². The largest absolute Gasteiger partial charge is 0.336 e. The molecule has 1 fully saturated rings. The van der Waals surface area contributed by atoms with Gasteiger partial charge in [0, 0.05) is 37.3 Å². The van der Waals surface area contributed by atoms with Crippen molar-refractivity contribution in [2.75, 3.05) is 26.7 Å². The molecule has 0 aliphatic carbocycles. The molecule has 1 aliphatic rings. The van der Waals surface area contributed by atoms with Gasteiger partial charge < -0.3 is 4.90 Å². The molecule has 0 N–H and O–H groups in total. The molecule has 1 amide bonds. The van der Waals surface area contributed by atoms with Gasteiger partial charge in [-0.1, -0.05) is 18.5 Å². The Labute approximate surface area is 128 Å². The first-order chi connectivity index (χ1) is 9.93. The maximum Gasteiger partial charge on any atom is 0.287 e. The Kier molecular flexibility index (Phi) is 4.80. The van der Waals surface area contributed by atoms with E-state index in [0.29, 0.717) is 24.7 Å². The molecule has 1 aromatic carbocycles. The molecule has 1 aromatic rings. The molecule has 0 saturated carbocycles. The van der Waals surface area contributed by atoms with E-state index in [1.54, 1.807) is 4.90 Å². The van der Waals surface area contributed by atoms with Gasteiger partial charge in [0.15, 0.2) is 0 Å². The Morgan fingerprint density at radius 2 is 2.19 bits per heavy atom. The van der Waals surface area contributed by atoms with Crippen LogP contribution in [0, 0.1) is 10.1 Å². The summed E-state index contributed by atoms with van der Waals surface area (Å²) >= 11 is 5.87. The number of nitro benzene ring substituents is 1. The summed E-state index contributed by atoms with van der Waals surface area (Å²) in [4.78, 5) is 26.7. The van der Waals surface area contributed by atoms with Gasteiger partial charge in [0.05, 0.1) is 4.92 Å². The van der Waals surface area contributed by atoms with E-state index < -0.39 is 4.92 Å². The van der Waals surface area contributed by atoms with Crippen molar-refractivity contribution in [1.82, 2.24) is 9.80 Å². The van der Waals surface area contributed by atoms with Gasteiger partial charge in [0.1, 0.15) is 5.02 Å². The third-order valence-electron chi connectivity index (χ3n) is 3.93. The van der Waals surface area contributed by atoms with Crippen molar-refractivity contribution in [2.45, 2.75) is 19.4 Å². The number of halogens is 1. The Morgan fingerprint density at radius 1 is 1.48 bits per heavy atom. The number of piperazine rings is 1. The summed E-state index contributed by atoms with van der Waals surface area (Å²) in [6, 6.07) is 4.46. The van der Waals surface area contributed by atoms with Crippen molar-refractivity contribution in [3.63, 3.8) is 0 Å². The van der Waals surface area contributed by atoms with Crippen molar-refractivity contribution >= 4 is 23.2 Å². The van der Waals surface area contributed by atoms with Gasteiger partial charge in [-0.3, -0.25) is 19.8 Å². The lowest BCUT2D eigenvalue weighted by molar-refractivity contribution is -0.384. The normalized spacial score (nSPS) is 19.6. The number of carbonyl (C=O) groups excluding carboxylic acids is 1. The maximum absolute atomic E-state index is 12.5. The molecule has 1 heterocycles. The van der Waals surface area contributed by atoms with Crippen LogP contribution >= 0.6 is 11.6 Å². The number of carbonyl (C=O) groups is 1.